The SMILES string of the molecule is COc1cc(C(=O)N/N=C/c2cc3c(cc2C)N(C(C)C)C(C)(C)C[C@@H]3C)ccc1I. The number of hydrogen-bond donors (Lipinski definition) is 1. The number of carbonyl (C=O) groups excluding carboxylic acids is 1. The number of halogens is 1. The number of hydrogen-bond acceptors (Lipinski definition) is 4. The molecule has 0 fully saturated rings. The average Bonchev–Trinajstić information content (AvgIpc) is 2.68. The van der Waals surface area contributed by atoms with Gasteiger partial charge in [0.2, 0.25) is 0 Å². The van der Waals surface area contributed by atoms with Crippen molar-refractivity contribution in [2.75, 3.05) is 12.0 Å². The van der Waals surface area contributed by atoms with Crippen molar-refractivity contribution in [3.8, 4) is 5.75 Å². The molecule has 1 aliphatic rings. The molecule has 6 heteroatoms. The summed E-state index contributed by atoms with van der Waals surface area (Å²) >= 11 is 2.18. The molecule has 0 saturated carbocycles. The van der Waals surface area contributed by atoms with Crippen LogP contribution in [0.4, 0.5) is 5.69 Å². The minimum Gasteiger partial charge on any atom is -0.496 e. The number of carbonyl (C=O) groups is 1. The number of aryl methyl sites for hydroxylation is 1. The number of methoxy groups -OCH3 is 1. The van der Waals surface area contributed by atoms with Crippen molar-refractivity contribution in [3.05, 3.63) is 56.2 Å². The molecule has 0 spiro atoms. The van der Waals surface area contributed by atoms with Gasteiger partial charge >= 0.3 is 0 Å². The van der Waals surface area contributed by atoms with E-state index in [2.05, 4.69) is 91.7 Å². The molecule has 0 bridgehead atoms. The molecule has 1 atom stereocenters. The molecule has 0 saturated heterocycles. The molecule has 3 rings (SSSR count). The lowest BCUT2D eigenvalue weighted by Gasteiger charge is -2.50. The maximum Gasteiger partial charge on any atom is 0.271 e. The van der Waals surface area contributed by atoms with Gasteiger partial charge in [-0.05, 0) is 117 Å². The number of ether oxygens (including phenoxy) is 1. The Morgan fingerprint density at radius 3 is 2.68 bits per heavy atom. The fourth-order valence-electron chi connectivity index (χ4n) is 4.76. The van der Waals surface area contributed by atoms with E-state index in [1.165, 1.54) is 11.3 Å². The van der Waals surface area contributed by atoms with E-state index in [4.69, 9.17) is 4.74 Å². The third-order valence-electron chi connectivity index (χ3n) is 5.96. The summed E-state index contributed by atoms with van der Waals surface area (Å²) in [6, 6.07) is 10.3. The van der Waals surface area contributed by atoms with Crippen LogP contribution in [0.1, 0.15) is 74.0 Å². The molecule has 2 aromatic carbocycles. The van der Waals surface area contributed by atoms with E-state index in [-0.39, 0.29) is 11.4 Å². The van der Waals surface area contributed by atoms with Gasteiger partial charge < -0.3 is 9.64 Å². The Morgan fingerprint density at radius 1 is 1.32 bits per heavy atom. The Kier molecular flexibility index (Phi) is 6.98. The highest BCUT2D eigenvalue weighted by molar-refractivity contribution is 14.1. The van der Waals surface area contributed by atoms with Gasteiger partial charge in [0.25, 0.3) is 5.91 Å². The molecule has 1 amide bonds. The molecule has 2 aromatic rings. The lowest BCUT2D eigenvalue weighted by molar-refractivity contribution is 0.0954. The van der Waals surface area contributed by atoms with Crippen molar-refractivity contribution in [1.82, 2.24) is 5.43 Å². The van der Waals surface area contributed by atoms with Crippen molar-refractivity contribution in [1.29, 1.82) is 0 Å². The van der Waals surface area contributed by atoms with Crippen LogP contribution in [-0.4, -0.2) is 30.8 Å². The van der Waals surface area contributed by atoms with E-state index in [9.17, 15) is 4.79 Å². The van der Waals surface area contributed by atoms with Crippen LogP contribution < -0.4 is 15.1 Å². The van der Waals surface area contributed by atoms with Gasteiger partial charge in [0.15, 0.2) is 0 Å². The quantitative estimate of drug-likeness (QED) is 0.297. The fraction of sp³-hybridized carbons (Fsp3) is 0.440. The molecular formula is C25H32IN3O2. The Morgan fingerprint density at radius 2 is 2.03 bits per heavy atom. The summed E-state index contributed by atoms with van der Waals surface area (Å²) in [4.78, 5) is 15.0. The molecule has 1 N–H and O–H groups in total. The van der Waals surface area contributed by atoms with Crippen LogP contribution in [0.3, 0.4) is 0 Å². The summed E-state index contributed by atoms with van der Waals surface area (Å²) in [5.74, 6) is 0.874. The number of nitrogens with zero attached hydrogens (tertiary/aromatic N) is 2. The first-order chi connectivity index (χ1) is 14.5. The van der Waals surface area contributed by atoms with Gasteiger partial charge in [-0.3, -0.25) is 4.79 Å². The molecule has 166 valence electrons. The van der Waals surface area contributed by atoms with Gasteiger partial charge in [0.05, 0.1) is 16.9 Å². The molecule has 31 heavy (non-hydrogen) atoms. The molecule has 1 aliphatic heterocycles. The summed E-state index contributed by atoms with van der Waals surface area (Å²) in [6.45, 7) is 13.5. The van der Waals surface area contributed by atoms with E-state index in [0.717, 1.165) is 21.1 Å². The second-order valence-electron chi connectivity index (χ2n) is 9.20. The number of anilines is 1. The largest absolute Gasteiger partial charge is 0.496 e. The van der Waals surface area contributed by atoms with Gasteiger partial charge in [-0.25, -0.2) is 5.43 Å². The van der Waals surface area contributed by atoms with Crippen LogP contribution in [-0.2, 0) is 0 Å². The summed E-state index contributed by atoms with van der Waals surface area (Å²) in [6.07, 6.45) is 2.84. The lowest BCUT2D eigenvalue weighted by atomic mass is 9.78. The summed E-state index contributed by atoms with van der Waals surface area (Å²) in [5, 5.41) is 4.23. The van der Waals surface area contributed by atoms with Gasteiger partial charge in [0.1, 0.15) is 5.75 Å². The Bertz CT molecular complexity index is 1010. The van der Waals surface area contributed by atoms with E-state index >= 15 is 0 Å². The van der Waals surface area contributed by atoms with Crippen molar-refractivity contribution < 1.29 is 9.53 Å². The molecule has 0 radical (unpaired) electrons. The van der Waals surface area contributed by atoms with Gasteiger partial charge in [-0.2, -0.15) is 5.10 Å². The average molecular weight is 533 g/mol. The standard InChI is InChI=1S/C25H32IN3O2/c1-15(2)29-22-10-16(3)19(11-20(22)17(4)13-25(29,5)6)14-27-28-24(30)18-8-9-21(26)23(12-18)31-7/h8-12,14-15,17H,13H2,1-7H3,(H,28,30)/b27-14+/t17-/m0/s1. The van der Waals surface area contributed by atoms with Crippen LogP contribution >= 0.6 is 22.6 Å². The minimum absolute atomic E-state index is 0.116. The fourth-order valence-corrected chi connectivity index (χ4v) is 5.31. The highest BCUT2D eigenvalue weighted by Crippen LogP contribution is 2.45. The van der Waals surface area contributed by atoms with Crippen LogP contribution in [0.25, 0.3) is 0 Å². The zero-order chi connectivity index (χ0) is 22.9. The number of fused-ring (bicyclic) bond motifs is 1. The Labute approximate surface area is 199 Å². The third kappa shape index (κ3) is 4.89. The highest BCUT2D eigenvalue weighted by Gasteiger charge is 2.37. The van der Waals surface area contributed by atoms with Crippen molar-refractivity contribution in [2.45, 2.75) is 65.5 Å². The first-order valence-corrected chi connectivity index (χ1v) is 11.7. The first kappa shape index (κ1) is 23.6. The number of nitrogens with one attached hydrogen (secondary N) is 1. The summed E-state index contributed by atoms with van der Waals surface area (Å²) in [7, 11) is 1.60. The minimum atomic E-state index is -0.261. The normalized spacial score (nSPS) is 17.7. The molecule has 1 heterocycles. The molecule has 0 unspecified atom stereocenters. The van der Waals surface area contributed by atoms with Crippen molar-refractivity contribution >= 4 is 40.4 Å². The Hall–Kier alpha value is -2.09. The topological polar surface area (TPSA) is 53.9 Å². The monoisotopic (exact) mass is 533 g/mol. The Balaban J connectivity index is 1.84. The van der Waals surface area contributed by atoms with Crippen LogP contribution in [0.2, 0.25) is 0 Å². The second-order valence-corrected chi connectivity index (χ2v) is 10.4. The zero-order valence-corrected chi connectivity index (χ0v) is 21.6. The molecule has 0 aliphatic carbocycles. The third-order valence-corrected chi connectivity index (χ3v) is 6.85. The smallest absolute Gasteiger partial charge is 0.271 e. The van der Waals surface area contributed by atoms with Crippen molar-refractivity contribution in [3.63, 3.8) is 0 Å². The lowest BCUT2D eigenvalue weighted by Crippen LogP contribution is -2.51. The van der Waals surface area contributed by atoms with Gasteiger partial charge in [-0.15, -0.1) is 0 Å². The number of rotatable bonds is 5. The maximum atomic E-state index is 12.5. The molecule has 5 nitrogen and oxygen atoms in total. The van der Waals surface area contributed by atoms with Crippen LogP contribution in [0, 0.1) is 10.5 Å². The highest BCUT2D eigenvalue weighted by atomic mass is 127. The van der Waals surface area contributed by atoms with E-state index in [1.807, 2.05) is 6.07 Å². The predicted octanol–water partition coefficient (Wildman–Crippen LogP) is 5.87. The summed E-state index contributed by atoms with van der Waals surface area (Å²) < 4.78 is 6.25. The maximum absolute atomic E-state index is 12.5. The molecular weight excluding hydrogens is 501 g/mol. The number of amides is 1. The summed E-state index contributed by atoms with van der Waals surface area (Å²) in [5.41, 5.74) is 8.08. The molecule has 0 aromatic heterocycles. The van der Waals surface area contributed by atoms with Gasteiger partial charge in [0, 0.05) is 22.8 Å². The van der Waals surface area contributed by atoms with Gasteiger partial charge in [-0.1, -0.05) is 6.92 Å². The van der Waals surface area contributed by atoms with E-state index < -0.39 is 0 Å². The first-order valence-electron chi connectivity index (χ1n) is 10.7. The van der Waals surface area contributed by atoms with E-state index in [0.29, 0.717) is 23.3 Å². The second kappa shape index (κ2) is 9.18. The van der Waals surface area contributed by atoms with Crippen molar-refractivity contribution in [2.24, 2.45) is 5.10 Å². The number of benzene rings is 2. The van der Waals surface area contributed by atoms with Crippen LogP contribution in [0.15, 0.2) is 35.4 Å². The predicted molar refractivity (Wildman–Crippen MR) is 137 cm³/mol. The van der Waals surface area contributed by atoms with Crippen LogP contribution in [0.5, 0.6) is 5.75 Å². The van der Waals surface area contributed by atoms with E-state index in [1.54, 1.807) is 25.5 Å². The zero-order valence-electron chi connectivity index (χ0n) is 19.4. The number of hydrazone groups is 1.